The van der Waals surface area contributed by atoms with E-state index in [1.807, 2.05) is 22.9 Å². The molecule has 2 N–H and O–H groups in total. The number of aromatic amines is 1. The van der Waals surface area contributed by atoms with Gasteiger partial charge < -0.3 is 9.72 Å². The summed E-state index contributed by atoms with van der Waals surface area (Å²) in [6, 6.07) is 8.86. The van der Waals surface area contributed by atoms with E-state index in [4.69, 9.17) is 4.74 Å². The highest BCUT2D eigenvalue weighted by atomic mass is 32.1. The number of H-pyrrole nitrogens is 1. The number of hydrogen-bond donors (Lipinski definition) is 2. The SMILES string of the molecule is O=C(COC(=O)c1ccc2nc[nH]c2c1)Nc1nc(-c2cccs2)cs1. The fourth-order valence-electron chi connectivity index (χ4n) is 2.30. The van der Waals surface area contributed by atoms with E-state index in [2.05, 4.69) is 20.3 Å². The smallest absolute Gasteiger partial charge is 0.338 e. The van der Waals surface area contributed by atoms with E-state index in [1.165, 1.54) is 11.3 Å². The van der Waals surface area contributed by atoms with Gasteiger partial charge in [-0.05, 0) is 29.6 Å². The van der Waals surface area contributed by atoms with Crippen LogP contribution in [0.4, 0.5) is 5.13 Å². The van der Waals surface area contributed by atoms with Gasteiger partial charge in [-0.15, -0.1) is 22.7 Å². The van der Waals surface area contributed by atoms with Crippen LogP contribution in [0.3, 0.4) is 0 Å². The van der Waals surface area contributed by atoms with E-state index >= 15 is 0 Å². The first kappa shape index (κ1) is 16.4. The minimum Gasteiger partial charge on any atom is -0.452 e. The molecule has 3 aromatic heterocycles. The number of carbonyl (C=O) groups excluding carboxylic acids is 2. The summed E-state index contributed by atoms with van der Waals surface area (Å²) in [5, 5.41) is 6.94. The second-order valence-electron chi connectivity index (χ2n) is 5.27. The molecule has 0 spiro atoms. The van der Waals surface area contributed by atoms with E-state index in [-0.39, 0.29) is 6.61 Å². The number of carbonyl (C=O) groups is 2. The zero-order valence-corrected chi connectivity index (χ0v) is 14.9. The fourth-order valence-corrected chi connectivity index (χ4v) is 3.79. The number of nitrogens with zero attached hydrogens (tertiary/aromatic N) is 2. The first-order valence-corrected chi connectivity index (χ1v) is 9.34. The number of imidazole rings is 1. The van der Waals surface area contributed by atoms with Crippen molar-refractivity contribution in [3.05, 3.63) is 53.0 Å². The largest absolute Gasteiger partial charge is 0.452 e. The molecule has 0 saturated heterocycles. The lowest BCUT2D eigenvalue weighted by Crippen LogP contribution is -2.20. The Hall–Kier alpha value is -3.04. The Morgan fingerprint density at radius 3 is 3.00 bits per heavy atom. The van der Waals surface area contributed by atoms with Crippen molar-refractivity contribution in [2.24, 2.45) is 0 Å². The lowest BCUT2D eigenvalue weighted by Gasteiger charge is -2.04. The standard InChI is InChI=1S/C17H12N4O3S2/c22-15(21-17-20-13(8-26-17)14-2-1-5-25-14)7-24-16(23)10-3-4-11-12(6-10)19-9-18-11/h1-6,8-9H,7H2,(H,18,19)(H,20,21,22). The Morgan fingerprint density at radius 1 is 1.23 bits per heavy atom. The number of benzene rings is 1. The van der Waals surface area contributed by atoms with Crippen molar-refractivity contribution in [3.63, 3.8) is 0 Å². The minimum absolute atomic E-state index is 0.351. The van der Waals surface area contributed by atoms with Crippen molar-refractivity contribution in [2.75, 3.05) is 11.9 Å². The molecule has 0 aliphatic carbocycles. The van der Waals surface area contributed by atoms with Gasteiger partial charge in [-0.2, -0.15) is 0 Å². The molecule has 0 radical (unpaired) electrons. The third-order valence-corrected chi connectivity index (χ3v) is 5.16. The van der Waals surface area contributed by atoms with Gasteiger partial charge in [0.2, 0.25) is 0 Å². The van der Waals surface area contributed by atoms with Crippen LogP contribution in [-0.2, 0) is 9.53 Å². The van der Waals surface area contributed by atoms with Crippen molar-refractivity contribution in [1.82, 2.24) is 15.0 Å². The van der Waals surface area contributed by atoms with Crippen molar-refractivity contribution in [1.29, 1.82) is 0 Å². The number of amides is 1. The maximum Gasteiger partial charge on any atom is 0.338 e. The molecule has 0 atom stereocenters. The Labute approximate surface area is 155 Å². The minimum atomic E-state index is -0.574. The normalized spacial score (nSPS) is 10.8. The molecule has 130 valence electrons. The molecule has 0 aliphatic rings. The zero-order chi connectivity index (χ0) is 17.9. The van der Waals surface area contributed by atoms with Crippen LogP contribution in [0.25, 0.3) is 21.6 Å². The summed E-state index contributed by atoms with van der Waals surface area (Å²) in [6.07, 6.45) is 1.55. The van der Waals surface area contributed by atoms with Gasteiger partial charge in [0.05, 0.1) is 33.5 Å². The van der Waals surface area contributed by atoms with Crippen LogP contribution in [0.1, 0.15) is 10.4 Å². The summed E-state index contributed by atoms with van der Waals surface area (Å²) in [5.74, 6) is -1.01. The van der Waals surface area contributed by atoms with Crippen LogP contribution in [0.5, 0.6) is 0 Å². The summed E-state index contributed by atoms with van der Waals surface area (Å²) >= 11 is 2.90. The number of fused-ring (bicyclic) bond motifs is 1. The number of hydrogen-bond acceptors (Lipinski definition) is 7. The lowest BCUT2D eigenvalue weighted by molar-refractivity contribution is -0.119. The van der Waals surface area contributed by atoms with Crippen LogP contribution in [0.15, 0.2) is 47.4 Å². The summed E-state index contributed by atoms with van der Waals surface area (Å²) in [7, 11) is 0. The second kappa shape index (κ2) is 7.06. The number of rotatable bonds is 5. The first-order valence-electron chi connectivity index (χ1n) is 7.58. The number of thiophene rings is 1. The number of esters is 1. The van der Waals surface area contributed by atoms with Gasteiger partial charge >= 0.3 is 5.97 Å². The molecule has 26 heavy (non-hydrogen) atoms. The second-order valence-corrected chi connectivity index (χ2v) is 7.08. The van der Waals surface area contributed by atoms with Gasteiger partial charge in [-0.25, -0.2) is 14.8 Å². The van der Waals surface area contributed by atoms with E-state index in [0.29, 0.717) is 10.7 Å². The van der Waals surface area contributed by atoms with E-state index in [0.717, 1.165) is 21.6 Å². The third-order valence-electron chi connectivity index (χ3n) is 3.51. The topological polar surface area (TPSA) is 97.0 Å². The van der Waals surface area contributed by atoms with Gasteiger partial charge in [-0.3, -0.25) is 10.1 Å². The number of anilines is 1. The molecular formula is C17H12N4O3S2. The van der Waals surface area contributed by atoms with Crippen LogP contribution >= 0.6 is 22.7 Å². The van der Waals surface area contributed by atoms with Crippen LogP contribution in [0.2, 0.25) is 0 Å². The highest BCUT2D eigenvalue weighted by Gasteiger charge is 2.13. The first-order chi connectivity index (χ1) is 12.7. The van der Waals surface area contributed by atoms with Crippen molar-refractivity contribution in [3.8, 4) is 10.6 Å². The van der Waals surface area contributed by atoms with Gasteiger partial charge in [0.15, 0.2) is 11.7 Å². The van der Waals surface area contributed by atoms with Crippen molar-refractivity contribution >= 4 is 50.7 Å². The summed E-state index contributed by atoms with van der Waals surface area (Å²) in [4.78, 5) is 36.4. The third kappa shape index (κ3) is 3.48. The summed E-state index contributed by atoms with van der Waals surface area (Å²) < 4.78 is 5.06. The number of thiazole rings is 1. The van der Waals surface area contributed by atoms with Gasteiger partial charge in [0.25, 0.3) is 5.91 Å². The summed E-state index contributed by atoms with van der Waals surface area (Å²) in [6.45, 7) is -0.381. The number of aromatic nitrogens is 3. The predicted molar refractivity (Wildman–Crippen MR) is 100 cm³/mol. The quantitative estimate of drug-likeness (QED) is 0.513. The molecule has 0 bridgehead atoms. The molecule has 4 aromatic rings. The maximum absolute atomic E-state index is 12.1. The van der Waals surface area contributed by atoms with Gasteiger partial charge in [0.1, 0.15) is 0 Å². The molecule has 7 nitrogen and oxygen atoms in total. The van der Waals surface area contributed by atoms with Crippen molar-refractivity contribution < 1.29 is 14.3 Å². The summed E-state index contributed by atoms with van der Waals surface area (Å²) in [5.41, 5.74) is 2.64. The zero-order valence-electron chi connectivity index (χ0n) is 13.3. The molecule has 4 rings (SSSR count). The van der Waals surface area contributed by atoms with E-state index in [9.17, 15) is 9.59 Å². The lowest BCUT2D eigenvalue weighted by atomic mass is 10.2. The molecule has 0 fully saturated rings. The number of ether oxygens (including phenoxy) is 1. The Morgan fingerprint density at radius 2 is 2.15 bits per heavy atom. The van der Waals surface area contributed by atoms with Crippen LogP contribution in [0, 0.1) is 0 Å². The highest BCUT2D eigenvalue weighted by molar-refractivity contribution is 7.16. The molecule has 0 saturated carbocycles. The Balaban J connectivity index is 1.34. The molecule has 3 heterocycles. The van der Waals surface area contributed by atoms with Crippen LogP contribution in [-0.4, -0.2) is 33.4 Å². The fraction of sp³-hybridized carbons (Fsp3) is 0.0588. The number of nitrogens with one attached hydrogen (secondary N) is 2. The molecule has 0 aliphatic heterocycles. The van der Waals surface area contributed by atoms with Gasteiger partial charge in [-0.1, -0.05) is 6.07 Å². The molecule has 0 unspecified atom stereocenters. The Bertz CT molecular complexity index is 1070. The monoisotopic (exact) mass is 384 g/mol. The predicted octanol–water partition coefficient (Wildman–Crippen LogP) is 3.54. The van der Waals surface area contributed by atoms with Crippen molar-refractivity contribution in [2.45, 2.75) is 0 Å². The molecule has 1 amide bonds. The molecular weight excluding hydrogens is 372 g/mol. The van der Waals surface area contributed by atoms with E-state index < -0.39 is 11.9 Å². The Kier molecular flexibility index (Phi) is 4.46. The highest BCUT2D eigenvalue weighted by Crippen LogP contribution is 2.28. The molecule has 1 aromatic carbocycles. The average molecular weight is 384 g/mol. The maximum atomic E-state index is 12.1. The average Bonchev–Trinajstić information content (AvgIpc) is 3.38. The van der Waals surface area contributed by atoms with E-state index in [1.54, 1.807) is 35.9 Å². The van der Waals surface area contributed by atoms with Crippen LogP contribution < -0.4 is 5.32 Å². The molecule has 9 heteroatoms. The van der Waals surface area contributed by atoms with Gasteiger partial charge in [0, 0.05) is 5.38 Å².